The first kappa shape index (κ1) is 20.6. The van der Waals surface area contributed by atoms with Gasteiger partial charge in [0, 0.05) is 32.4 Å². The van der Waals surface area contributed by atoms with Gasteiger partial charge in [0.25, 0.3) is 11.5 Å². The molecule has 156 valence electrons. The molecular formula is C19H24N4O6. The van der Waals surface area contributed by atoms with E-state index in [0.717, 1.165) is 24.9 Å². The second-order valence-electron chi connectivity index (χ2n) is 7.51. The van der Waals surface area contributed by atoms with Crippen molar-refractivity contribution < 1.29 is 23.9 Å². The molecule has 29 heavy (non-hydrogen) atoms. The van der Waals surface area contributed by atoms with Crippen LogP contribution in [-0.4, -0.2) is 57.3 Å². The van der Waals surface area contributed by atoms with Crippen LogP contribution in [0.15, 0.2) is 17.2 Å². The van der Waals surface area contributed by atoms with E-state index in [9.17, 15) is 19.2 Å². The number of hydrogen-bond acceptors (Lipinski definition) is 7. The van der Waals surface area contributed by atoms with Gasteiger partial charge >= 0.3 is 11.9 Å². The van der Waals surface area contributed by atoms with Gasteiger partial charge in [-0.2, -0.15) is 0 Å². The Hall–Kier alpha value is -3.17. The van der Waals surface area contributed by atoms with Crippen LogP contribution >= 0.6 is 0 Å². The molecule has 1 aliphatic rings. The standard InChI is InChI=1S/C19H24N4O6/c1-10-7-11(2)9-22(8-10)17(26)15(29-12(3)24)13-14(18(27)28-4)21-19-20-5-6-23(19)16(13)25/h5-6,10-11,15H,7-9H2,1-4H3,(H,20,21). The molecule has 0 spiro atoms. The Morgan fingerprint density at radius 1 is 1.24 bits per heavy atom. The van der Waals surface area contributed by atoms with Crippen LogP contribution in [0.4, 0.5) is 0 Å². The summed E-state index contributed by atoms with van der Waals surface area (Å²) >= 11 is 0. The van der Waals surface area contributed by atoms with Crippen LogP contribution in [0.1, 0.15) is 49.3 Å². The van der Waals surface area contributed by atoms with Crippen molar-refractivity contribution in [1.82, 2.24) is 19.3 Å². The summed E-state index contributed by atoms with van der Waals surface area (Å²) in [5, 5.41) is 0. The van der Waals surface area contributed by atoms with Crippen LogP contribution in [0, 0.1) is 11.8 Å². The van der Waals surface area contributed by atoms with Gasteiger partial charge in [0.2, 0.25) is 11.9 Å². The summed E-state index contributed by atoms with van der Waals surface area (Å²) in [5.41, 5.74) is -1.24. The average molecular weight is 404 g/mol. The Kier molecular flexibility index (Phi) is 5.71. The number of aromatic amines is 1. The quantitative estimate of drug-likeness (QED) is 0.752. The van der Waals surface area contributed by atoms with Crippen LogP contribution in [0.3, 0.4) is 0 Å². The smallest absolute Gasteiger partial charge is 0.355 e. The van der Waals surface area contributed by atoms with Gasteiger partial charge in [-0.05, 0) is 18.3 Å². The van der Waals surface area contributed by atoms with Gasteiger partial charge in [0.15, 0.2) is 0 Å². The molecule has 2 aromatic rings. The number of imidazole rings is 1. The van der Waals surface area contributed by atoms with Gasteiger partial charge in [0.05, 0.1) is 12.7 Å². The maximum atomic E-state index is 13.3. The van der Waals surface area contributed by atoms with Crippen LogP contribution in [0.25, 0.3) is 5.78 Å². The van der Waals surface area contributed by atoms with Crippen molar-refractivity contribution in [2.45, 2.75) is 33.3 Å². The lowest BCUT2D eigenvalue weighted by atomic mass is 9.91. The summed E-state index contributed by atoms with van der Waals surface area (Å²) < 4.78 is 11.2. The van der Waals surface area contributed by atoms with Gasteiger partial charge in [-0.3, -0.25) is 18.8 Å². The third-order valence-corrected chi connectivity index (χ3v) is 4.94. The number of carbonyl (C=O) groups is 3. The molecule has 0 aromatic carbocycles. The molecule has 1 amide bonds. The topological polar surface area (TPSA) is 123 Å². The number of carbonyl (C=O) groups excluding carboxylic acids is 3. The predicted molar refractivity (Wildman–Crippen MR) is 101 cm³/mol. The Morgan fingerprint density at radius 2 is 1.90 bits per heavy atom. The Balaban J connectivity index is 2.16. The lowest BCUT2D eigenvalue weighted by Gasteiger charge is -2.36. The minimum atomic E-state index is -1.57. The highest BCUT2D eigenvalue weighted by Crippen LogP contribution is 2.27. The molecule has 10 heteroatoms. The third-order valence-electron chi connectivity index (χ3n) is 4.94. The van der Waals surface area contributed by atoms with Crippen LogP contribution in [0.2, 0.25) is 0 Å². The molecule has 2 aromatic heterocycles. The van der Waals surface area contributed by atoms with Crippen molar-refractivity contribution in [2.24, 2.45) is 11.8 Å². The van der Waals surface area contributed by atoms with Gasteiger partial charge in [0.1, 0.15) is 5.69 Å². The van der Waals surface area contributed by atoms with Crippen LogP contribution in [-0.2, 0) is 19.1 Å². The first-order chi connectivity index (χ1) is 13.7. The van der Waals surface area contributed by atoms with Crippen molar-refractivity contribution in [3.8, 4) is 0 Å². The normalized spacial score (nSPS) is 20.3. The largest absolute Gasteiger partial charge is 0.464 e. The molecule has 3 unspecified atom stereocenters. The Morgan fingerprint density at radius 3 is 2.48 bits per heavy atom. The number of likely N-dealkylation sites (tertiary alicyclic amines) is 1. The van der Waals surface area contributed by atoms with E-state index in [4.69, 9.17) is 9.47 Å². The zero-order chi connectivity index (χ0) is 21.3. The van der Waals surface area contributed by atoms with Gasteiger partial charge in [-0.25, -0.2) is 9.78 Å². The summed E-state index contributed by atoms with van der Waals surface area (Å²) in [6, 6.07) is 0. The van der Waals surface area contributed by atoms with E-state index in [0.29, 0.717) is 13.1 Å². The van der Waals surface area contributed by atoms with Crippen molar-refractivity contribution >= 4 is 23.6 Å². The molecule has 1 fully saturated rings. The fourth-order valence-corrected chi connectivity index (χ4v) is 3.89. The van der Waals surface area contributed by atoms with E-state index in [2.05, 4.69) is 9.97 Å². The molecule has 0 aliphatic carbocycles. The van der Waals surface area contributed by atoms with Crippen molar-refractivity contribution in [2.75, 3.05) is 20.2 Å². The number of amides is 1. The number of piperidine rings is 1. The molecule has 1 saturated heterocycles. The number of aromatic nitrogens is 3. The molecule has 0 saturated carbocycles. The highest BCUT2D eigenvalue weighted by molar-refractivity contribution is 5.93. The molecule has 3 heterocycles. The van der Waals surface area contributed by atoms with Gasteiger partial charge in [-0.15, -0.1) is 0 Å². The number of nitrogens with zero attached hydrogens (tertiary/aromatic N) is 3. The summed E-state index contributed by atoms with van der Waals surface area (Å²) in [4.78, 5) is 58.8. The zero-order valence-electron chi connectivity index (χ0n) is 16.8. The summed E-state index contributed by atoms with van der Waals surface area (Å²) in [7, 11) is 1.15. The van der Waals surface area contributed by atoms with Gasteiger partial charge in [-0.1, -0.05) is 13.8 Å². The van der Waals surface area contributed by atoms with Gasteiger partial charge < -0.3 is 19.4 Å². The number of nitrogens with one attached hydrogen (secondary N) is 1. The molecular weight excluding hydrogens is 380 g/mol. The first-order valence-corrected chi connectivity index (χ1v) is 9.36. The number of H-pyrrole nitrogens is 1. The molecule has 0 bridgehead atoms. The van der Waals surface area contributed by atoms with Crippen molar-refractivity contribution in [3.63, 3.8) is 0 Å². The first-order valence-electron chi connectivity index (χ1n) is 9.36. The fraction of sp³-hybridized carbons (Fsp3) is 0.526. The average Bonchev–Trinajstić information content (AvgIpc) is 3.13. The Labute approximate surface area is 166 Å². The number of fused-ring (bicyclic) bond motifs is 1. The Bertz CT molecular complexity index is 1000. The second-order valence-corrected chi connectivity index (χ2v) is 7.51. The number of ether oxygens (including phenoxy) is 2. The lowest BCUT2D eigenvalue weighted by molar-refractivity contribution is -0.160. The minimum Gasteiger partial charge on any atom is -0.464 e. The summed E-state index contributed by atoms with van der Waals surface area (Å²) in [6.45, 7) is 6.14. The summed E-state index contributed by atoms with van der Waals surface area (Å²) in [5.74, 6) is -1.54. The van der Waals surface area contributed by atoms with Crippen molar-refractivity contribution in [3.05, 3.63) is 34.0 Å². The number of hydrogen-bond donors (Lipinski definition) is 1. The van der Waals surface area contributed by atoms with Crippen LogP contribution < -0.4 is 5.56 Å². The SMILES string of the molecule is COC(=O)c1[nH]c2nccn2c(=O)c1C(OC(C)=O)C(=O)N1CC(C)CC(C)C1. The molecule has 10 nitrogen and oxygen atoms in total. The van der Waals surface area contributed by atoms with E-state index < -0.39 is 29.5 Å². The van der Waals surface area contributed by atoms with E-state index in [1.54, 1.807) is 4.90 Å². The molecule has 3 atom stereocenters. The van der Waals surface area contributed by atoms with E-state index in [1.165, 1.54) is 12.4 Å². The highest BCUT2D eigenvalue weighted by Gasteiger charge is 2.38. The predicted octanol–water partition coefficient (Wildman–Crippen LogP) is 0.918. The zero-order valence-corrected chi connectivity index (χ0v) is 16.8. The number of rotatable bonds is 4. The minimum absolute atomic E-state index is 0.105. The number of methoxy groups -OCH3 is 1. The molecule has 1 N–H and O–H groups in total. The fourth-order valence-electron chi connectivity index (χ4n) is 3.89. The lowest BCUT2D eigenvalue weighted by Crippen LogP contribution is -2.46. The highest BCUT2D eigenvalue weighted by atomic mass is 16.5. The van der Waals surface area contributed by atoms with Crippen LogP contribution in [0.5, 0.6) is 0 Å². The third kappa shape index (κ3) is 4.01. The van der Waals surface area contributed by atoms with E-state index in [1.807, 2.05) is 13.8 Å². The maximum Gasteiger partial charge on any atom is 0.355 e. The maximum absolute atomic E-state index is 13.3. The molecule has 3 rings (SSSR count). The van der Waals surface area contributed by atoms with E-state index in [-0.39, 0.29) is 28.9 Å². The molecule has 1 aliphatic heterocycles. The number of esters is 2. The van der Waals surface area contributed by atoms with E-state index >= 15 is 0 Å². The second kappa shape index (κ2) is 8.06. The summed E-state index contributed by atoms with van der Waals surface area (Å²) in [6.07, 6.45) is 2.15. The monoisotopic (exact) mass is 404 g/mol. The molecule has 0 radical (unpaired) electrons. The van der Waals surface area contributed by atoms with Crippen molar-refractivity contribution in [1.29, 1.82) is 0 Å².